The van der Waals surface area contributed by atoms with Crippen molar-refractivity contribution in [2.75, 3.05) is 19.6 Å². The summed E-state index contributed by atoms with van der Waals surface area (Å²) in [5.74, 6) is 0.432. The molecule has 0 aromatic heterocycles. The van der Waals surface area contributed by atoms with Crippen LogP contribution in [0.3, 0.4) is 0 Å². The van der Waals surface area contributed by atoms with E-state index >= 15 is 0 Å². The Morgan fingerprint density at radius 2 is 2.29 bits per heavy atom. The van der Waals surface area contributed by atoms with E-state index in [1.54, 1.807) is 0 Å². The summed E-state index contributed by atoms with van der Waals surface area (Å²) in [5, 5.41) is 12.8. The highest BCUT2D eigenvalue weighted by Crippen LogP contribution is 2.18. The molecular formula is C13H26N2O2. The molecule has 2 N–H and O–H groups in total. The molecule has 1 heterocycles. The van der Waals surface area contributed by atoms with Crippen LogP contribution >= 0.6 is 0 Å². The predicted octanol–water partition coefficient (Wildman–Crippen LogP) is 0.994. The Labute approximate surface area is 104 Å². The summed E-state index contributed by atoms with van der Waals surface area (Å²) in [5.41, 5.74) is 0. The smallest absolute Gasteiger partial charge is 0.237 e. The van der Waals surface area contributed by atoms with E-state index < -0.39 is 0 Å². The molecule has 4 nitrogen and oxygen atoms in total. The third kappa shape index (κ3) is 4.28. The molecule has 4 heteroatoms. The molecule has 0 spiro atoms. The van der Waals surface area contributed by atoms with Crippen LogP contribution in [0.1, 0.15) is 40.0 Å². The lowest BCUT2D eigenvalue weighted by atomic mass is 9.95. The minimum absolute atomic E-state index is 0.0835. The first kappa shape index (κ1) is 14.5. The van der Waals surface area contributed by atoms with Gasteiger partial charge in [0.1, 0.15) is 0 Å². The van der Waals surface area contributed by atoms with E-state index in [1.165, 1.54) is 0 Å². The fourth-order valence-electron chi connectivity index (χ4n) is 2.13. The van der Waals surface area contributed by atoms with E-state index in [0.717, 1.165) is 32.4 Å². The van der Waals surface area contributed by atoms with Crippen LogP contribution < -0.4 is 5.32 Å². The van der Waals surface area contributed by atoms with Gasteiger partial charge in [-0.1, -0.05) is 20.3 Å². The number of piperidine rings is 1. The van der Waals surface area contributed by atoms with Crippen molar-refractivity contribution in [3.63, 3.8) is 0 Å². The lowest BCUT2D eigenvalue weighted by molar-refractivity contribution is -0.127. The first-order valence-electron chi connectivity index (χ1n) is 6.76. The highest BCUT2D eigenvalue weighted by atomic mass is 16.3. The van der Waals surface area contributed by atoms with Crippen LogP contribution in [0.15, 0.2) is 0 Å². The fraction of sp³-hybridized carbons (Fsp3) is 0.923. The Morgan fingerprint density at radius 1 is 1.59 bits per heavy atom. The third-order valence-corrected chi connectivity index (χ3v) is 3.71. The van der Waals surface area contributed by atoms with Gasteiger partial charge in [-0.2, -0.15) is 0 Å². The van der Waals surface area contributed by atoms with Crippen LogP contribution in [0.2, 0.25) is 0 Å². The number of amides is 1. The second-order valence-electron chi connectivity index (χ2n) is 5.15. The maximum Gasteiger partial charge on any atom is 0.237 e. The number of rotatable bonds is 5. The molecule has 17 heavy (non-hydrogen) atoms. The summed E-state index contributed by atoms with van der Waals surface area (Å²) in [6.45, 7) is 8.37. The van der Waals surface area contributed by atoms with Gasteiger partial charge in [-0.05, 0) is 32.2 Å². The van der Waals surface area contributed by atoms with Crippen LogP contribution in [0.25, 0.3) is 0 Å². The molecule has 1 saturated heterocycles. The Bertz CT molecular complexity index is 246. The number of aliphatic hydroxyl groups excluding tert-OH is 1. The molecule has 1 fully saturated rings. The van der Waals surface area contributed by atoms with Crippen molar-refractivity contribution >= 4 is 5.91 Å². The molecule has 100 valence electrons. The summed E-state index contributed by atoms with van der Waals surface area (Å²) >= 11 is 0. The van der Waals surface area contributed by atoms with Crippen LogP contribution in [-0.2, 0) is 4.79 Å². The normalized spacial score (nSPS) is 27.8. The van der Waals surface area contributed by atoms with Gasteiger partial charge in [0.15, 0.2) is 0 Å². The lowest BCUT2D eigenvalue weighted by Crippen LogP contribution is -2.52. The van der Waals surface area contributed by atoms with Crippen molar-refractivity contribution in [2.45, 2.75) is 52.2 Å². The second-order valence-corrected chi connectivity index (χ2v) is 5.15. The van der Waals surface area contributed by atoms with Crippen LogP contribution in [0, 0.1) is 5.92 Å². The summed E-state index contributed by atoms with van der Waals surface area (Å²) in [7, 11) is 0. The van der Waals surface area contributed by atoms with E-state index in [9.17, 15) is 9.90 Å². The van der Waals surface area contributed by atoms with Crippen molar-refractivity contribution < 1.29 is 9.90 Å². The van der Waals surface area contributed by atoms with Crippen LogP contribution in [0.4, 0.5) is 0 Å². The van der Waals surface area contributed by atoms with Gasteiger partial charge in [0, 0.05) is 13.1 Å². The van der Waals surface area contributed by atoms with Crippen molar-refractivity contribution in [2.24, 2.45) is 5.92 Å². The molecule has 3 unspecified atom stereocenters. The van der Waals surface area contributed by atoms with Crippen LogP contribution in [0.5, 0.6) is 0 Å². The van der Waals surface area contributed by atoms with Crippen molar-refractivity contribution in [1.29, 1.82) is 0 Å². The van der Waals surface area contributed by atoms with Gasteiger partial charge in [0.25, 0.3) is 0 Å². The first-order chi connectivity index (χ1) is 8.06. The van der Waals surface area contributed by atoms with Gasteiger partial charge in [-0.25, -0.2) is 0 Å². The quantitative estimate of drug-likeness (QED) is 0.707. The van der Waals surface area contributed by atoms with Gasteiger partial charge >= 0.3 is 0 Å². The van der Waals surface area contributed by atoms with Crippen molar-refractivity contribution in [3.05, 3.63) is 0 Å². The Balaban J connectivity index is 2.36. The molecule has 1 aliphatic rings. The van der Waals surface area contributed by atoms with Gasteiger partial charge in [-0.3, -0.25) is 9.69 Å². The number of hydrogen-bond acceptors (Lipinski definition) is 3. The van der Waals surface area contributed by atoms with Crippen molar-refractivity contribution in [1.82, 2.24) is 10.2 Å². The number of β-amino-alcohol motifs (C(OH)–C–C–N with tert-alkyl or cyclic N) is 1. The number of likely N-dealkylation sites (tertiary alicyclic amines) is 1. The Hall–Kier alpha value is -0.610. The number of carbonyl (C=O) groups is 1. The fourth-order valence-corrected chi connectivity index (χ4v) is 2.13. The molecular weight excluding hydrogens is 216 g/mol. The molecule has 0 saturated carbocycles. The predicted molar refractivity (Wildman–Crippen MR) is 68.7 cm³/mol. The summed E-state index contributed by atoms with van der Waals surface area (Å²) in [4.78, 5) is 13.9. The number of unbranched alkanes of at least 4 members (excludes halogenated alkanes) is 1. The van der Waals surface area contributed by atoms with Crippen molar-refractivity contribution in [3.8, 4) is 0 Å². The van der Waals surface area contributed by atoms with E-state index in [-0.39, 0.29) is 18.1 Å². The van der Waals surface area contributed by atoms with Crippen LogP contribution in [-0.4, -0.2) is 47.7 Å². The summed E-state index contributed by atoms with van der Waals surface area (Å²) in [6, 6.07) is -0.131. The third-order valence-electron chi connectivity index (χ3n) is 3.71. The lowest BCUT2D eigenvalue weighted by Gasteiger charge is -2.37. The average Bonchev–Trinajstić information content (AvgIpc) is 2.32. The van der Waals surface area contributed by atoms with Gasteiger partial charge in [0.2, 0.25) is 5.91 Å². The van der Waals surface area contributed by atoms with Gasteiger partial charge in [0.05, 0.1) is 12.1 Å². The second kappa shape index (κ2) is 6.97. The van der Waals surface area contributed by atoms with E-state index in [0.29, 0.717) is 12.5 Å². The summed E-state index contributed by atoms with van der Waals surface area (Å²) < 4.78 is 0. The number of nitrogens with zero attached hydrogens (tertiary/aromatic N) is 1. The molecule has 1 aliphatic heterocycles. The maximum absolute atomic E-state index is 11.9. The zero-order valence-electron chi connectivity index (χ0n) is 11.3. The largest absolute Gasteiger partial charge is 0.392 e. The maximum atomic E-state index is 11.9. The minimum Gasteiger partial charge on any atom is -0.392 e. The molecule has 0 radical (unpaired) electrons. The van der Waals surface area contributed by atoms with E-state index in [1.807, 2.05) is 6.92 Å². The van der Waals surface area contributed by atoms with Gasteiger partial charge in [-0.15, -0.1) is 0 Å². The highest BCUT2D eigenvalue weighted by molar-refractivity contribution is 5.81. The molecule has 1 rings (SSSR count). The molecule has 0 aromatic rings. The zero-order valence-corrected chi connectivity index (χ0v) is 11.3. The molecule has 1 amide bonds. The number of aliphatic hydroxyl groups is 1. The number of nitrogens with one attached hydrogen (secondary N) is 1. The van der Waals surface area contributed by atoms with Gasteiger partial charge < -0.3 is 10.4 Å². The summed E-state index contributed by atoms with van der Waals surface area (Å²) in [6.07, 6.45) is 2.79. The topological polar surface area (TPSA) is 52.6 Å². The molecule has 0 aromatic carbocycles. The number of hydrogen-bond donors (Lipinski definition) is 2. The highest BCUT2D eigenvalue weighted by Gasteiger charge is 2.29. The van der Waals surface area contributed by atoms with E-state index in [2.05, 4.69) is 24.1 Å². The Morgan fingerprint density at radius 3 is 2.88 bits per heavy atom. The molecule has 0 aliphatic carbocycles. The zero-order chi connectivity index (χ0) is 12.8. The monoisotopic (exact) mass is 242 g/mol. The minimum atomic E-state index is -0.297. The average molecular weight is 242 g/mol. The molecule has 0 bridgehead atoms. The SMILES string of the molecule is CCCCNC(=O)C(C)N1CCC(C)C(O)C1. The van der Waals surface area contributed by atoms with E-state index in [4.69, 9.17) is 0 Å². The molecule has 3 atom stereocenters. The number of carbonyl (C=O) groups excluding carboxylic acids is 1. The standard InChI is InChI=1S/C13H26N2O2/c1-4-5-7-14-13(17)11(3)15-8-6-10(2)12(16)9-15/h10-12,16H,4-9H2,1-3H3,(H,14,17). The first-order valence-corrected chi connectivity index (χ1v) is 6.76. The Kier molecular flexibility index (Phi) is 5.92.